The number of benzene rings is 1. The fourth-order valence-corrected chi connectivity index (χ4v) is 4.78. The molecule has 3 heterocycles. The first-order valence-corrected chi connectivity index (χ1v) is 8.95. The van der Waals surface area contributed by atoms with E-state index in [-0.39, 0.29) is 0 Å². The van der Waals surface area contributed by atoms with Crippen LogP contribution in [0.15, 0.2) is 18.2 Å². The Morgan fingerprint density at radius 1 is 1.22 bits per heavy atom. The smallest absolute Gasteiger partial charge is 0.250 e. The third-order valence-corrected chi connectivity index (χ3v) is 5.80. The van der Waals surface area contributed by atoms with Gasteiger partial charge in [0.2, 0.25) is 17.7 Å². The Balaban J connectivity index is 1.95. The summed E-state index contributed by atoms with van der Waals surface area (Å²) in [6.45, 7) is 6.72. The largest absolute Gasteiger partial charge is 0.392 e. The summed E-state index contributed by atoms with van der Waals surface area (Å²) in [5, 5.41) is 16.0. The van der Waals surface area contributed by atoms with Gasteiger partial charge < -0.3 is 10.4 Å². The Labute approximate surface area is 155 Å². The normalized spacial score (nSPS) is 33.5. The van der Waals surface area contributed by atoms with Crippen molar-refractivity contribution in [3.05, 3.63) is 29.6 Å². The van der Waals surface area contributed by atoms with Gasteiger partial charge in [-0.1, -0.05) is 0 Å². The van der Waals surface area contributed by atoms with Gasteiger partial charge in [0.15, 0.2) is 0 Å². The van der Waals surface area contributed by atoms with Crippen LogP contribution in [0.5, 0.6) is 0 Å². The number of halogens is 1. The van der Waals surface area contributed by atoms with Gasteiger partial charge in [-0.25, -0.2) is 4.39 Å². The van der Waals surface area contributed by atoms with Crippen LogP contribution in [0.4, 0.5) is 10.1 Å². The van der Waals surface area contributed by atoms with Crippen LogP contribution in [0.2, 0.25) is 0 Å². The number of carbonyl (C=O) groups excluding carboxylic acids is 3. The molecule has 0 bridgehead atoms. The molecule has 3 aliphatic heterocycles. The van der Waals surface area contributed by atoms with Crippen LogP contribution in [0.1, 0.15) is 33.3 Å². The molecule has 3 N–H and O–H groups in total. The number of nitrogens with one attached hydrogen (secondary N) is 2. The quantitative estimate of drug-likeness (QED) is 0.629. The van der Waals surface area contributed by atoms with Gasteiger partial charge in [-0.05, 0) is 45.9 Å². The van der Waals surface area contributed by atoms with E-state index in [2.05, 4.69) is 10.6 Å². The molecule has 5 atom stereocenters. The Kier molecular flexibility index (Phi) is 3.58. The SMILES string of the molecule is CC(O)C1NC2(C(=O)Nc3ccc(F)cc32)[C@@H]2C(=O)N(C(C)(C)C)C(=O)[C@H]12. The maximum Gasteiger partial charge on any atom is 0.250 e. The summed E-state index contributed by atoms with van der Waals surface area (Å²) in [7, 11) is 0. The minimum absolute atomic E-state index is 0.294. The van der Waals surface area contributed by atoms with Crippen LogP contribution in [0, 0.1) is 17.7 Å². The minimum atomic E-state index is -1.59. The predicted octanol–water partition coefficient (Wildman–Crippen LogP) is 0.725. The van der Waals surface area contributed by atoms with Crippen molar-refractivity contribution in [2.45, 2.75) is 50.9 Å². The Morgan fingerprint density at radius 2 is 1.89 bits per heavy atom. The lowest BCUT2D eigenvalue weighted by molar-refractivity contribution is -0.148. The van der Waals surface area contributed by atoms with Gasteiger partial charge in [-0.15, -0.1) is 0 Å². The summed E-state index contributed by atoms with van der Waals surface area (Å²) in [6, 6.07) is 3.06. The molecule has 3 aliphatic rings. The van der Waals surface area contributed by atoms with Gasteiger partial charge in [-0.2, -0.15) is 0 Å². The minimum Gasteiger partial charge on any atom is -0.392 e. The number of nitrogens with zero attached hydrogens (tertiary/aromatic N) is 1. The van der Waals surface area contributed by atoms with E-state index in [0.29, 0.717) is 11.3 Å². The molecule has 4 rings (SSSR count). The highest BCUT2D eigenvalue weighted by Crippen LogP contribution is 2.54. The molecule has 3 amide bonds. The second kappa shape index (κ2) is 5.36. The number of fused-ring (bicyclic) bond motifs is 4. The monoisotopic (exact) mass is 375 g/mol. The van der Waals surface area contributed by atoms with Gasteiger partial charge >= 0.3 is 0 Å². The molecule has 144 valence electrons. The molecule has 27 heavy (non-hydrogen) atoms. The van der Waals surface area contributed by atoms with E-state index >= 15 is 0 Å². The lowest BCUT2D eigenvalue weighted by Gasteiger charge is -2.35. The van der Waals surface area contributed by atoms with Gasteiger partial charge in [0.25, 0.3) is 0 Å². The molecule has 1 aromatic rings. The van der Waals surface area contributed by atoms with Crippen LogP contribution in [-0.4, -0.2) is 45.4 Å². The van der Waals surface area contributed by atoms with Gasteiger partial charge in [0.1, 0.15) is 11.4 Å². The van der Waals surface area contributed by atoms with Crippen molar-refractivity contribution in [2.24, 2.45) is 11.8 Å². The number of aliphatic hydroxyl groups excluding tert-OH is 1. The van der Waals surface area contributed by atoms with Crippen molar-refractivity contribution in [3.8, 4) is 0 Å². The lowest BCUT2D eigenvalue weighted by Crippen LogP contribution is -2.57. The molecule has 1 spiro atoms. The van der Waals surface area contributed by atoms with Crippen molar-refractivity contribution < 1.29 is 23.9 Å². The van der Waals surface area contributed by atoms with Crippen molar-refractivity contribution in [2.75, 3.05) is 5.32 Å². The van der Waals surface area contributed by atoms with Crippen molar-refractivity contribution >= 4 is 23.4 Å². The highest BCUT2D eigenvalue weighted by molar-refractivity contribution is 6.15. The number of hydrogen-bond donors (Lipinski definition) is 3. The molecule has 2 saturated heterocycles. The molecule has 2 fully saturated rings. The number of hydrogen-bond acceptors (Lipinski definition) is 5. The number of amides is 3. The van der Waals surface area contributed by atoms with Gasteiger partial charge in [0, 0.05) is 22.8 Å². The first kappa shape index (κ1) is 18.1. The number of imide groups is 1. The molecule has 7 nitrogen and oxygen atoms in total. The zero-order valence-electron chi connectivity index (χ0n) is 15.5. The number of carbonyl (C=O) groups is 3. The van der Waals surface area contributed by atoms with E-state index in [1.807, 2.05) is 0 Å². The van der Waals surface area contributed by atoms with E-state index in [1.165, 1.54) is 30.0 Å². The maximum absolute atomic E-state index is 14.0. The first-order chi connectivity index (χ1) is 12.5. The second-order valence-corrected chi connectivity index (χ2v) is 8.55. The van der Waals surface area contributed by atoms with Crippen LogP contribution < -0.4 is 10.6 Å². The summed E-state index contributed by atoms with van der Waals surface area (Å²) in [5.74, 6) is -3.93. The molecule has 3 unspecified atom stereocenters. The molecular formula is C19H22FN3O4. The number of rotatable bonds is 1. The fourth-order valence-electron chi connectivity index (χ4n) is 4.78. The maximum atomic E-state index is 14.0. The summed E-state index contributed by atoms with van der Waals surface area (Å²) in [5.41, 5.74) is -1.67. The summed E-state index contributed by atoms with van der Waals surface area (Å²) in [6.07, 6.45) is -0.987. The lowest BCUT2D eigenvalue weighted by atomic mass is 9.76. The average Bonchev–Trinajstić information content (AvgIpc) is 3.13. The average molecular weight is 375 g/mol. The summed E-state index contributed by atoms with van der Waals surface area (Å²) < 4.78 is 14.0. The topological polar surface area (TPSA) is 98.7 Å². The molecule has 0 radical (unpaired) electrons. The number of anilines is 1. The zero-order chi connectivity index (χ0) is 19.9. The molecule has 8 heteroatoms. The van der Waals surface area contributed by atoms with E-state index in [9.17, 15) is 23.9 Å². The Hall–Kier alpha value is -2.32. The van der Waals surface area contributed by atoms with Crippen molar-refractivity contribution in [1.29, 1.82) is 0 Å². The number of likely N-dealkylation sites (tertiary alicyclic amines) is 1. The molecule has 0 aliphatic carbocycles. The van der Waals surface area contributed by atoms with E-state index in [0.717, 1.165) is 0 Å². The van der Waals surface area contributed by atoms with Crippen LogP contribution >= 0.6 is 0 Å². The summed E-state index contributed by atoms with van der Waals surface area (Å²) in [4.78, 5) is 40.7. The van der Waals surface area contributed by atoms with Gasteiger partial charge in [0.05, 0.1) is 17.9 Å². The van der Waals surface area contributed by atoms with E-state index < -0.39 is 58.6 Å². The van der Waals surface area contributed by atoms with Crippen LogP contribution in [0.3, 0.4) is 0 Å². The highest BCUT2D eigenvalue weighted by atomic mass is 19.1. The Morgan fingerprint density at radius 3 is 2.48 bits per heavy atom. The standard InChI is InChI=1S/C19H22FN3O4/c1-8(24)14-12-13(16(26)23(15(12)25)18(2,3)4)19(22-14)10-7-9(20)5-6-11(10)21-17(19)27/h5-8,12-14,22,24H,1-4H3,(H,21,27)/t8?,12-,13-,14?,19?/m0/s1. The number of aliphatic hydroxyl groups is 1. The molecule has 0 saturated carbocycles. The Bertz CT molecular complexity index is 878. The zero-order valence-corrected chi connectivity index (χ0v) is 15.5. The third-order valence-electron chi connectivity index (χ3n) is 5.80. The molecular weight excluding hydrogens is 353 g/mol. The van der Waals surface area contributed by atoms with Crippen LogP contribution in [0.25, 0.3) is 0 Å². The van der Waals surface area contributed by atoms with Crippen molar-refractivity contribution in [1.82, 2.24) is 10.2 Å². The summed E-state index contributed by atoms with van der Waals surface area (Å²) >= 11 is 0. The second-order valence-electron chi connectivity index (χ2n) is 8.55. The predicted molar refractivity (Wildman–Crippen MR) is 93.9 cm³/mol. The third kappa shape index (κ3) is 2.17. The van der Waals surface area contributed by atoms with E-state index in [4.69, 9.17) is 0 Å². The van der Waals surface area contributed by atoms with E-state index in [1.54, 1.807) is 20.8 Å². The van der Waals surface area contributed by atoms with Crippen molar-refractivity contribution in [3.63, 3.8) is 0 Å². The molecule has 1 aromatic carbocycles. The first-order valence-electron chi connectivity index (χ1n) is 8.95. The molecule has 0 aromatic heterocycles. The fraction of sp³-hybridized carbons (Fsp3) is 0.526. The highest BCUT2D eigenvalue weighted by Gasteiger charge is 2.72. The van der Waals surface area contributed by atoms with Crippen LogP contribution in [-0.2, 0) is 19.9 Å². The van der Waals surface area contributed by atoms with Gasteiger partial charge in [-0.3, -0.25) is 24.6 Å².